The molecule has 1 heterocycles. The van der Waals surface area contributed by atoms with Gasteiger partial charge in [-0.2, -0.15) is 0 Å². The van der Waals surface area contributed by atoms with Gasteiger partial charge >= 0.3 is 0 Å². The van der Waals surface area contributed by atoms with Gasteiger partial charge in [0, 0.05) is 6.54 Å². The zero-order chi connectivity index (χ0) is 13.3. The van der Waals surface area contributed by atoms with E-state index in [1.54, 1.807) is 6.92 Å². The van der Waals surface area contributed by atoms with Crippen molar-refractivity contribution in [3.8, 4) is 0 Å². The molecule has 4 atom stereocenters. The van der Waals surface area contributed by atoms with Crippen LogP contribution in [0.2, 0.25) is 0 Å². The quantitative estimate of drug-likeness (QED) is 0.828. The molecule has 2 aliphatic rings. The molecule has 18 heavy (non-hydrogen) atoms. The minimum atomic E-state index is -0.364. The summed E-state index contributed by atoms with van der Waals surface area (Å²) in [5, 5.41) is 2.77. The van der Waals surface area contributed by atoms with Crippen molar-refractivity contribution in [3.05, 3.63) is 0 Å². The van der Waals surface area contributed by atoms with Crippen LogP contribution in [0.4, 0.5) is 0 Å². The minimum Gasteiger partial charge on any atom is -0.343 e. The average molecular weight is 252 g/mol. The molecule has 1 aliphatic heterocycles. The molecule has 0 radical (unpaired) electrons. The lowest BCUT2D eigenvalue weighted by atomic mass is 9.95. The molecule has 0 spiro atoms. The van der Waals surface area contributed by atoms with Crippen LogP contribution in [-0.4, -0.2) is 35.3 Å². The summed E-state index contributed by atoms with van der Waals surface area (Å²) in [7, 11) is 0. The summed E-state index contributed by atoms with van der Waals surface area (Å²) in [5.74, 6) is 1.34. The number of nitrogens with one attached hydrogen (secondary N) is 1. The van der Waals surface area contributed by atoms with E-state index in [9.17, 15) is 9.59 Å². The summed E-state index contributed by atoms with van der Waals surface area (Å²) in [6.45, 7) is 6.77. The number of rotatable bonds is 3. The van der Waals surface area contributed by atoms with Gasteiger partial charge in [0.25, 0.3) is 0 Å². The Morgan fingerprint density at radius 1 is 1.28 bits per heavy atom. The topological polar surface area (TPSA) is 49.4 Å². The molecule has 2 rings (SSSR count). The van der Waals surface area contributed by atoms with E-state index in [-0.39, 0.29) is 23.9 Å². The monoisotopic (exact) mass is 252 g/mol. The Balaban J connectivity index is 2.10. The molecule has 2 amide bonds. The van der Waals surface area contributed by atoms with Crippen molar-refractivity contribution in [3.63, 3.8) is 0 Å². The van der Waals surface area contributed by atoms with Gasteiger partial charge < -0.3 is 10.2 Å². The van der Waals surface area contributed by atoms with Crippen LogP contribution in [0.3, 0.4) is 0 Å². The molecule has 0 aromatic rings. The van der Waals surface area contributed by atoms with Crippen molar-refractivity contribution in [2.24, 2.45) is 11.8 Å². The third kappa shape index (κ3) is 2.38. The third-order valence-electron chi connectivity index (χ3n) is 4.55. The summed E-state index contributed by atoms with van der Waals surface area (Å²) >= 11 is 0. The fourth-order valence-corrected chi connectivity index (χ4v) is 3.28. The fraction of sp³-hybridized carbons (Fsp3) is 0.857. The minimum absolute atomic E-state index is 0.00949. The Labute approximate surface area is 109 Å². The van der Waals surface area contributed by atoms with E-state index in [4.69, 9.17) is 0 Å². The molecule has 0 aromatic heterocycles. The predicted molar refractivity (Wildman–Crippen MR) is 69.9 cm³/mol. The number of carbonyl (C=O) groups excluding carboxylic acids is 2. The number of amides is 2. The fourth-order valence-electron chi connectivity index (χ4n) is 3.28. The Bertz CT molecular complexity index is 343. The van der Waals surface area contributed by atoms with E-state index in [1.807, 2.05) is 11.8 Å². The highest BCUT2D eigenvalue weighted by molar-refractivity contribution is 5.96. The van der Waals surface area contributed by atoms with Crippen LogP contribution >= 0.6 is 0 Å². The van der Waals surface area contributed by atoms with Gasteiger partial charge in [-0.1, -0.05) is 26.7 Å². The highest BCUT2D eigenvalue weighted by atomic mass is 16.2. The van der Waals surface area contributed by atoms with Gasteiger partial charge in [-0.15, -0.1) is 0 Å². The normalized spacial score (nSPS) is 36.9. The Morgan fingerprint density at radius 2 is 2.00 bits per heavy atom. The van der Waals surface area contributed by atoms with Crippen molar-refractivity contribution >= 4 is 11.8 Å². The number of hydrogen-bond acceptors (Lipinski definition) is 2. The summed E-state index contributed by atoms with van der Waals surface area (Å²) in [4.78, 5) is 26.0. The second-order valence-corrected chi connectivity index (χ2v) is 5.81. The number of piperazine rings is 1. The Kier molecular flexibility index (Phi) is 3.93. The van der Waals surface area contributed by atoms with Gasteiger partial charge in [0.2, 0.25) is 11.8 Å². The van der Waals surface area contributed by atoms with E-state index in [1.165, 1.54) is 19.3 Å². The highest BCUT2D eigenvalue weighted by Crippen LogP contribution is 2.32. The summed E-state index contributed by atoms with van der Waals surface area (Å²) in [5.41, 5.74) is 0. The second-order valence-electron chi connectivity index (χ2n) is 5.81. The molecule has 1 aliphatic carbocycles. The standard InChI is InChI=1S/C14H24N2O2/c1-4-12-13(17)15-10(3)14(18)16(12)8-11-7-5-6-9(11)2/h9-12H,4-8H2,1-3H3,(H,15,17). The Morgan fingerprint density at radius 3 is 2.56 bits per heavy atom. The molecule has 0 aromatic carbocycles. The van der Waals surface area contributed by atoms with Crippen molar-refractivity contribution < 1.29 is 9.59 Å². The van der Waals surface area contributed by atoms with Crippen LogP contribution in [0.1, 0.15) is 46.5 Å². The maximum atomic E-state index is 12.2. The van der Waals surface area contributed by atoms with Crippen molar-refractivity contribution in [2.45, 2.75) is 58.5 Å². The summed E-state index contributed by atoms with van der Waals surface area (Å²) in [6, 6.07) is -0.626. The molecule has 4 heteroatoms. The second kappa shape index (κ2) is 5.29. The molecule has 1 saturated heterocycles. The average Bonchev–Trinajstić information content (AvgIpc) is 2.72. The molecule has 2 fully saturated rings. The molecular formula is C14H24N2O2. The van der Waals surface area contributed by atoms with E-state index in [0.717, 1.165) is 6.54 Å². The smallest absolute Gasteiger partial charge is 0.245 e. The molecule has 1 saturated carbocycles. The highest BCUT2D eigenvalue weighted by Gasteiger charge is 2.39. The molecule has 0 bridgehead atoms. The lowest BCUT2D eigenvalue weighted by Gasteiger charge is -2.39. The maximum Gasteiger partial charge on any atom is 0.245 e. The van der Waals surface area contributed by atoms with Gasteiger partial charge in [0.05, 0.1) is 0 Å². The van der Waals surface area contributed by atoms with Gasteiger partial charge in [-0.25, -0.2) is 0 Å². The largest absolute Gasteiger partial charge is 0.343 e. The molecule has 4 unspecified atom stereocenters. The summed E-state index contributed by atoms with van der Waals surface area (Å²) in [6.07, 6.45) is 4.40. The number of hydrogen-bond donors (Lipinski definition) is 1. The van der Waals surface area contributed by atoms with Crippen LogP contribution in [-0.2, 0) is 9.59 Å². The lowest BCUT2D eigenvalue weighted by molar-refractivity contribution is -0.149. The zero-order valence-electron chi connectivity index (χ0n) is 11.6. The lowest BCUT2D eigenvalue weighted by Crippen LogP contribution is -2.63. The SMILES string of the molecule is CCC1C(=O)NC(C)C(=O)N1CC1CCCC1C. The number of nitrogens with zero attached hydrogens (tertiary/aromatic N) is 1. The van der Waals surface area contributed by atoms with E-state index in [0.29, 0.717) is 18.3 Å². The van der Waals surface area contributed by atoms with Crippen molar-refractivity contribution in [2.75, 3.05) is 6.54 Å². The van der Waals surface area contributed by atoms with E-state index in [2.05, 4.69) is 12.2 Å². The molecule has 102 valence electrons. The van der Waals surface area contributed by atoms with Crippen LogP contribution in [0.15, 0.2) is 0 Å². The van der Waals surface area contributed by atoms with Crippen LogP contribution in [0.25, 0.3) is 0 Å². The van der Waals surface area contributed by atoms with Crippen molar-refractivity contribution in [1.29, 1.82) is 0 Å². The maximum absolute atomic E-state index is 12.2. The first-order valence-corrected chi connectivity index (χ1v) is 7.15. The zero-order valence-corrected chi connectivity index (χ0v) is 11.6. The molecule has 1 N–H and O–H groups in total. The van der Waals surface area contributed by atoms with E-state index < -0.39 is 0 Å². The van der Waals surface area contributed by atoms with Gasteiger partial charge in [-0.3, -0.25) is 9.59 Å². The van der Waals surface area contributed by atoms with Gasteiger partial charge in [0.1, 0.15) is 12.1 Å². The third-order valence-corrected chi connectivity index (χ3v) is 4.55. The molecule has 4 nitrogen and oxygen atoms in total. The first-order valence-electron chi connectivity index (χ1n) is 7.15. The molecular weight excluding hydrogens is 228 g/mol. The Hall–Kier alpha value is -1.06. The number of carbonyl (C=O) groups is 2. The van der Waals surface area contributed by atoms with Crippen LogP contribution in [0.5, 0.6) is 0 Å². The first kappa shape index (κ1) is 13.4. The predicted octanol–water partition coefficient (Wildman–Crippen LogP) is 1.55. The van der Waals surface area contributed by atoms with Crippen molar-refractivity contribution in [1.82, 2.24) is 10.2 Å². The van der Waals surface area contributed by atoms with Crippen LogP contribution < -0.4 is 5.32 Å². The summed E-state index contributed by atoms with van der Waals surface area (Å²) < 4.78 is 0. The van der Waals surface area contributed by atoms with Gasteiger partial charge in [0.15, 0.2) is 0 Å². The van der Waals surface area contributed by atoms with Gasteiger partial charge in [-0.05, 0) is 31.6 Å². The first-order chi connectivity index (χ1) is 8.54. The van der Waals surface area contributed by atoms with E-state index >= 15 is 0 Å². The van der Waals surface area contributed by atoms with Crippen LogP contribution in [0, 0.1) is 11.8 Å².